The summed E-state index contributed by atoms with van der Waals surface area (Å²) >= 11 is 0. The Labute approximate surface area is 83.5 Å². The molecular weight excluding hydrogens is 160 g/mol. The van der Waals surface area contributed by atoms with E-state index in [0.717, 1.165) is 25.4 Å². The van der Waals surface area contributed by atoms with Gasteiger partial charge in [0.05, 0.1) is 0 Å². The highest BCUT2D eigenvalue weighted by atomic mass is 15.1. The van der Waals surface area contributed by atoms with Crippen molar-refractivity contribution in [3.05, 3.63) is 0 Å². The molecule has 0 saturated carbocycles. The van der Waals surface area contributed by atoms with Crippen LogP contribution in [0.5, 0.6) is 0 Å². The second kappa shape index (κ2) is 7.34. The lowest BCUT2D eigenvalue weighted by atomic mass is 10.1. The summed E-state index contributed by atoms with van der Waals surface area (Å²) in [5, 5.41) is 0. The van der Waals surface area contributed by atoms with Crippen LogP contribution < -0.4 is 5.73 Å². The Kier molecular flexibility index (Phi) is 7.29. The lowest BCUT2D eigenvalue weighted by Crippen LogP contribution is -2.36. The molecule has 0 aromatic heterocycles. The summed E-state index contributed by atoms with van der Waals surface area (Å²) in [6, 6.07) is 0.713. The number of hydrogen-bond donors (Lipinski definition) is 1. The SMILES string of the molecule is CCC(C)N(CC)CC(C)CCN. The molecule has 0 aliphatic carbocycles. The predicted octanol–water partition coefficient (Wildman–Crippen LogP) is 2.09. The Morgan fingerprint density at radius 3 is 2.23 bits per heavy atom. The van der Waals surface area contributed by atoms with E-state index in [1.165, 1.54) is 13.0 Å². The molecule has 0 radical (unpaired) electrons. The van der Waals surface area contributed by atoms with Gasteiger partial charge in [0, 0.05) is 12.6 Å². The van der Waals surface area contributed by atoms with E-state index in [9.17, 15) is 0 Å². The lowest BCUT2D eigenvalue weighted by Gasteiger charge is -2.29. The Morgan fingerprint density at radius 2 is 1.85 bits per heavy atom. The van der Waals surface area contributed by atoms with Gasteiger partial charge >= 0.3 is 0 Å². The predicted molar refractivity (Wildman–Crippen MR) is 59.8 cm³/mol. The van der Waals surface area contributed by atoms with Crippen LogP contribution >= 0.6 is 0 Å². The van der Waals surface area contributed by atoms with Gasteiger partial charge in [-0.1, -0.05) is 20.8 Å². The average molecular weight is 186 g/mol. The maximum Gasteiger partial charge on any atom is 0.00643 e. The summed E-state index contributed by atoms with van der Waals surface area (Å²) in [6.45, 7) is 12.3. The highest BCUT2D eigenvalue weighted by Gasteiger charge is 2.12. The molecule has 13 heavy (non-hydrogen) atoms. The normalized spacial score (nSPS) is 16.2. The molecule has 0 aliphatic rings. The monoisotopic (exact) mass is 186 g/mol. The van der Waals surface area contributed by atoms with Gasteiger partial charge in [-0.25, -0.2) is 0 Å². The van der Waals surface area contributed by atoms with Gasteiger partial charge in [0.25, 0.3) is 0 Å². The maximum absolute atomic E-state index is 5.54. The van der Waals surface area contributed by atoms with E-state index in [4.69, 9.17) is 5.73 Å². The fourth-order valence-electron chi connectivity index (χ4n) is 1.66. The molecule has 2 heteroatoms. The Hall–Kier alpha value is -0.0800. The molecular formula is C11H26N2. The summed E-state index contributed by atoms with van der Waals surface area (Å²) in [5.74, 6) is 0.735. The molecule has 0 aromatic carbocycles. The van der Waals surface area contributed by atoms with E-state index >= 15 is 0 Å². The van der Waals surface area contributed by atoms with Crippen molar-refractivity contribution in [1.82, 2.24) is 4.90 Å². The van der Waals surface area contributed by atoms with Crippen molar-refractivity contribution >= 4 is 0 Å². The summed E-state index contributed by atoms with van der Waals surface area (Å²) in [5.41, 5.74) is 5.54. The maximum atomic E-state index is 5.54. The second-order valence-electron chi connectivity index (χ2n) is 4.03. The first kappa shape index (κ1) is 12.9. The summed E-state index contributed by atoms with van der Waals surface area (Å²) < 4.78 is 0. The van der Waals surface area contributed by atoms with Crippen molar-refractivity contribution in [2.75, 3.05) is 19.6 Å². The topological polar surface area (TPSA) is 29.3 Å². The van der Waals surface area contributed by atoms with Gasteiger partial charge in [-0.15, -0.1) is 0 Å². The number of nitrogens with two attached hydrogens (primary N) is 1. The third kappa shape index (κ3) is 5.27. The minimum atomic E-state index is 0.713. The molecule has 0 spiro atoms. The zero-order valence-corrected chi connectivity index (χ0v) is 9.71. The fraction of sp³-hybridized carbons (Fsp3) is 1.00. The van der Waals surface area contributed by atoms with Crippen LogP contribution in [0.3, 0.4) is 0 Å². The zero-order chi connectivity index (χ0) is 10.3. The smallest absolute Gasteiger partial charge is 0.00643 e. The molecule has 2 atom stereocenters. The van der Waals surface area contributed by atoms with Gasteiger partial charge in [-0.2, -0.15) is 0 Å². The second-order valence-corrected chi connectivity index (χ2v) is 4.03. The van der Waals surface area contributed by atoms with E-state index in [1.807, 2.05) is 0 Å². The molecule has 2 nitrogen and oxygen atoms in total. The van der Waals surface area contributed by atoms with Crippen molar-refractivity contribution in [2.45, 2.75) is 46.6 Å². The van der Waals surface area contributed by atoms with E-state index in [-0.39, 0.29) is 0 Å². The molecule has 0 aliphatic heterocycles. The molecule has 0 rings (SSSR count). The van der Waals surface area contributed by atoms with E-state index in [2.05, 4.69) is 32.6 Å². The highest BCUT2D eigenvalue weighted by Crippen LogP contribution is 2.09. The van der Waals surface area contributed by atoms with Gasteiger partial charge in [0.1, 0.15) is 0 Å². The van der Waals surface area contributed by atoms with Crippen molar-refractivity contribution in [1.29, 1.82) is 0 Å². The molecule has 0 heterocycles. The third-order valence-corrected chi connectivity index (χ3v) is 2.83. The Morgan fingerprint density at radius 1 is 1.23 bits per heavy atom. The van der Waals surface area contributed by atoms with Crippen LogP contribution in [0.4, 0.5) is 0 Å². The summed E-state index contributed by atoms with van der Waals surface area (Å²) in [4.78, 5) is 2.54. The van der Waals surface area contributed by atoms with Crippen LogP contribution in [0.2, 0.25) is 0 Å². The van der Waals surface area contributed by atoms with Crippen LogP contribution in [0.15, 0.2) is 0 Å². The molecule has 2 unspecified atom stereocenters. The van der Waals surface area contributed by atoms with Gasteiger partial charge in [0.15, 0.2) is 0 Å². The molecule has 0 saturated heterocycles. The van der Waals surface area contributed by atoms with Gasteiger partial charge in [0.2, 0.25) is 0 Å². The first-order valence-corrected chi connectivity index (χ1v) is 5.59. The minimum Gasteiger partial charge on any atom is -0.330 e. The standard InChI is InChI=1S/C11H26N2/c1-5-11(4)13(6-2)9-10(3)7-8-12/h10-11H,5-9,12H2,1-4H3. The fourth-order valence-corrected chi connectivity index (χ4v) is 1.66. The summed E-state index contributed by atoms with van der Waals surface area (Å²) in [7, 11) is 0. The van der Waals surface area contributed by atoms with Crippen LogP contribution in [-0.2, 0) is 0 Å². The van der Waals surface area contributed by atoms with E-state index in [0.29, 0.717) is 6.04 Å². The van der Waals surface area contributed by atoms with Crippen molar-refractivity contribution < 1.29 is 0 Å². The Balaban J connectivity index is 3.82. The molecule has 0 aromatic rings. The van der Waals surface area contributed by atoms with Crippen LogP contribution in [0, 0.1) is 5.92 Å². The highest BCUT2D eigenvalue weighted by molar-refractivity contribution is 4.67. The largest absolute Gasteiger partial charge is 0.330 e. The third-order valence-electron chi connectivity index (χ3n) is 2.83. The molecule has 80 valence electrons. The molecule has 0 amide bonds. The van der Waals surface area contributed by atoms with E-state index < -0.39 is 0 Å². The van der Waals surface area contributed by atoms with Gasteiger partial charge in [-0.3, -0.25) is 0 Å². The lowest BCUT2D eigenvalue weighted by molar-refractivity contribution is 0.184. The summed E-state index contributed by atoms with van der Waals surface area (Å²) in [6.07, 6.45) is 2.39. The Bertz CT molecular complexity index is 115. The quantitative estimate of drug-likeness (QED) is 0.659. The molecule has 0 fully saturated rings. The number of hydrogen-bond acceptors (Lipinski definition) is 2. The van der Waals surface area contributed by atoms with Crippen LogP contribution in [-0.4, -0.2) is 30.6 Å². The number of rotatable bonds is 7. The van der Waals surface area contributed by atoms with Gasteiger partial charge in [-0.05, 0) is 38.8 Å². The van der Waals surface area contributed by atoms with E-state index in [1.54, 1.807) is 0 Å². The van der Waals surface area contributed by atoms with Crippen molar-refractivity contribution in [2.24, 2.45) is 11.7 Å². The first-order chi connectivity index (χ1) is 6.15. The molecule has 0 bridgehead atoms. The number of nitrogens with zero attached hydrogens (tertiary/aromatic N) is 1. The minimum absolute atomic E-state index is 0.713. The van der Waals surface area contributed by atoms with Gasteiger partial charge < -0.3 is 10.6 Å². The first-order valence-electron chi connectivity index (χ1n) is 5.59. The average Bonchev–Trinajstić information content (AvgIpc) is 2.13. The molecule has 2 N–H and O–H groups in total. The zero-order valence-electron chi connectivity index (χ0n) is 9.71. The van der Waals surface area contributed by atoms with Crippen molar-refractivity contribution in [3.63, 3.8) is 0 Å². The van der Waals surface area contributed by atoms with Crippen LogP contribution in [0.1, 0.15) is 40.5 Å². The van der Waals surface area contributed by atoms with Crippen LogP contribution in [0.25, 0.3) is 0 Å². The van der Waals surface area contributed by atoms with Crippen molar-refractivity contribution in [3.8, 4) is 0 Å².